The van der Waals surface area contributed by atoms with Gasteiger partial charge in [-0.05, 0) is 32.4 Å². The third kappa shape index (κ3) is 3.85. The van der Waals surface area contributed by atoms with E-state index in [0.29, 0.717) is 41.9 Å². The molecule has 0 radical (unpaired) electrons. The van der Waals surface area contributed by atoms with Crippen molar-refractivity contribution in [2.75, 3.05) is 13.1 Å². The Labute approximate surface area is 162 Å². The maximum Gasteiger partial charge on any atom is 0.261 e. The van der Waals surface area contributed by atoms with E-state index in [2.05, 4.69) is 10.3 Å². The van der Waals surface area contributed by atoms with E-state index in [9.17, 15) is 19.2 Å². The predicted molar refractivity (Wildman–Crippen MR) is 102 cm³/mol. The minimum atomic E-state index is -0.317. The van der Waals surface area contributed by atoms with Gasteiger partial charge in [0.2, 0.25) is 5.91 Å². The molecule has 0 fully saturated rings. The molecule has 146 valence electrons. The smallest absolute Gasteiger partial charge is 0.261 e. The van der Waals surface area contributed by atoms with Crippen LogP contribution in [0.1, 0.15) is 44.8 Å². The van der Waals surface area contributed by atoms with Gasteiger partial charge in [-0.15, -0.1) is 0 Å². The summed E-state index contributed by atoms with van der Waals surface area (Å²) >= 11 is 0. The Morgan fingerprint density at radius 2 is 1.68 bits per heavy atom. The number of fused-ring (bicyclic) bond motifs is 1. The summed E-state index contributed by atoms with van der Waals surface area (Å²) in [5, 5.41) is 2.74. The molecule has 1 aliphatic heterocycles. The number of aromatic nitrogens is 2. The number of aryl methyl sites for hydroxylation is 1. The van der Waals surface area contributed by atoms with Crippen molar-refractivity contribution >= 4 is 17.7 Å². The number of nitrogens with one attached hydrogen (secondary N) is 1. The second-order valence-electron chi connectivity index (χ2n) is 6.71. The van der Waals surface area contributed by atoms with E-state index in [4.69, 9.17) is 0 Å². The first kappa shape index (κ1) is 19.5. The number of rotatable bonds is 7. The number of carbonyl (C=O) groups excluding carboxylic acids is 3. The van der Waals surface area contributed by atoms with Crippen LogP contribution in [0, 0.1) is 13.8 Å². The molecule has 0 atom stereocenters. The van der Waals surface area contributed by atoms with E-state index in [0.717, 1.165) is 0 Å². The Morgan fingerprint density at radius 1 is 1.04 bits per heavy atom. The van der Waals surface area contributed by atoms with Crippen LogP contribution in [-0.4, -0.2) is 45.3 Å². The van der Waals surface area contributed by atoms with Gasteiger partial charge in [-0.2, -0.15) is 0 Å². The Hall–Kier alpha value is -3.29. The van der Waals surface area contributed by atoms with Crippen molar-refractivity contribution in [3.63, 3.8) is 0 Å². The van der Waals surface area contributed by atoms with Gasteiger partial charge in [0.25, 0.3) is 17.4 Å². The minimum Gasteiger partial charge on any atom is -0.354 e. The molecular formula is C20H22N4O4. The molecular weight excluding hydrogens is 360 g/mol. The molecule has 0 spiro atoms. The average molecular weight is 382 g/mol. The van der Waals surface area contributed by atoms with Crippen molar-refractivity contribution in [2.24, 2.45) is 0 Å². The number of nitrogens with zero attached hydrogens (tertiary/aromatic N) is 3. The molecule has 8 heteroatoms. The van der Waals surface area contributed by atoms with Crippen LogP contribution < -0.4 is 10.9 Å². The summed E-state index contributed by atoms with van der Waals surface area (Å²) in [5.41, 5.74) is 1.98. The average Bonchev–Trinajstić information content (AvgIpc) is 2.93. The molecule has 2 aromatic rings. The zero-order valence-electron chi connectivity index (χ0n) is 15.9. The van der Waals surface area contributed by atoms with Crippen LogP contribution in [0.4, 0.5) is 0 Å². The van der Waals surface area contributed by atoms with Crippen LogP contribution >= 0.6 is 0 Å². The van der Waals surface area contributed by atoms with Gasteiger partial charge in [-0.3, -0.25) is 28.6 Å². The maximum atomic E-state index is 12.3. The quantitative estimate of drug-likeness (QED) is 0.722. The topological polar surface area (TPSA) is 101 Å². The molecule has 1 aromatic heterocycles. The lowest BCUT2D eigenvalue weighted by molar-refractivity contribution is -0.121. The van der Waals surface area contributed by atoms with Gasteiger partial charge in [0.15, 0.2) is 0 Å². The third-order valence-electron chi connectivity index (χ3n) is 4.85. The molecule has 28 heavy (non-hydrogen) atoms. The summed E-state index contributed by atoms with van der Waals surface area (Å²) in [7, 11) is 0. The van der Waals surface area contributed by atoms with E-state index in [1.54, 1.807) is 38.1 Å². The highest BCUT2D eigenvalue weighted by Gasteiger charge is 2.34. The molecule has 0 saturated heterocycles. The number of carbonyl (C=O) groups is 3. The van der Waals surface area contributed by atoms with Crippen LogP contribution in [-0.2, 0) is 11.3 Å². The van der Waals surface area contributed by atoms with Gasteiger partial charge in [0.1, 0.15) is 0 Å². The van der Waals surface area contributed by atoms with E-state index >= 15 is 0 Å². The number of hydrogen-bond donors (Lipinski definition) is 1. The van der Waals surface area contributed by atoms with Crippen LogP contribution in [0.5, 0.6) is 0 Å². The van der Waals surface area contributed by atoms with Crippen LogP contribution in [0.3, 0.4) is 0 Å². The van der Waals surface area contributed by atoms with Crippen LogP contribution in [0.2, 0.25) is 0 Å². The SMILES string of the molecule is Cc1ncn(CCNC(=O)CCCN2C(=O)c3ccccc3C2=O)c(=O)c1C. The summed E-state index contributed by atoms with van der Waals surface area (Å²) in [6.07, 6.45) is 2.04. The lowest BCUT2D eigenvalue weighted by atomic mass is 10.1. The Balaban J connectivity index is 1.43. The highest BCUT2D eigenvalue weighted by Crippen LogP contribution is 2.22. The van der Waals surface area contributed by atoms with Gasteiger partial charge in [0.05, 0.1) is 17.5 Å². The van der Waals surface area contributed by atoms with Gasteiger partial charge < -0.3 is 5.32 Å². The minimum absolute atomic E-state index is 0.118. The Bertz CT molecular complexity index is 961. The molecule has 0 unspecified atom stereocenters. The first-order valence-electron chi connectivity index (χ1n) is 9.14. The van der Waals surface area contributed by atoms with Crippen molar-refractivity contribution < 1.29 is 14.4 Å². The van der Waals surface area contributed by atoms with Crippen molar-refractivity contribution in [3.05, 3.63) is 63.3 Å². The van der Waals surface area contributed by atoms with Crippen molar-refractivity contribution in [2.45, 2.75) is 33.2 Å². The van der Waals surface area contributed by atoms with Crippen molar-refractivity contribution in [1.29, 1.82) is 0 Å². The normalized spacial score (nSPS) is 13.0. The molecule has 1 N–H and O–H groups in total. The Morgan fingerprint density at radius 3 is 2.32 bits per heavy atom. The zero-order valence-corrected chi connectivity index (χ0v) is 15.9. The zero-order chi connectivity index (χ0) is 20.3. The van der Waals surface area contributed by atoms with Crippen molar-refractivity contribution in [1.82, 2.24) is 19.8 Å². The fourth-order valence-corrected chi connectivity index (χ4v) is 3.08. The molecule has 8 nitrogen and oxygen atoms in total. The molecule has 1 aromatic carbocycles. The maximum absolute atomic E-state index is 12.3. The lowest BCUT2D eigenvalue weighted by Gasteiger charge is -2.13. The van der Waals surface area contributed by atoms with Gasteiger partial charge in [-0.1, -0.05) is 12.1 Å². The number of benzene rings is 1. The fraction of sp³-hybridized carbons (Fsp3) is 0.350. The van der Waals surface area contributed by atoms with Crippen LogP contribution in [0.15, 0.2) is 35.4 Å². The Kier molecular flexibility index (Phi) is 5.67. The summed E-state index contributed by atoms with van der Waals surface area (Å²) in [5.74, 6) is -0.827. The van der Waals surface area contributed by atoms with E-state index < -0.39 is 0 Å². The summed E-state index contributed by atoms with van der Waals surface area (Å²) in [6, 6.07) is 6.70. The number of imide groups is 1. The molecule has 3 rings (SSSR count). The first-order valence-corrected chi connectivity index (χ1v) is 9.14. The molecule has 0 aliphatic carbocycles. The van der Waals surface area contributed by atoms with E-state index in [1.165, 1.54) is 15.8 Å². The van der Waals surface area contributed by atoms with Crippen molar-refractivity contribution in [3.8, 4) is 0 Å². The first-order chi connectivity index (χ1) is 13.4. The molecule has 2 heterocycles. The van der Waals surface area contributed by atoms with Gasteiger partial charge >= 0.3 is 0 Å². The van der Waals surface area contributed by atoms with E-state index in [1.807, 2.05) is 0 Å². The molecule has 0 bridgehead atoms. The largest absolute Gasteiger partial charge is 0.354 e. The molecule has 1 aliphatic rings. The number of hydrogen-bond acceptors (Lipinski definition) is 5. The highest BCUT2D eigenvalue weighted by molar-refractivity contribution is 6.21. The monoisotopic (exact) mass is 382 g/mol. The summed E-state index contributed by atoms with van der Waals surface area (Å²) < 4.78 is 1.46. The fourth-order valence-electron chi connectivity index (χ4n) is 3.08. The predicted octanol–water partition coefficient (Wildman–Crippen LogP) is 1.05. The van der Waals surface area contributed by atoms with E-state index in [-0.39, 0.29) is 36.2 Å². The second-order valence-corrected chi connectivity index (χ2v) is 6.71. The van der Waals surface area contributed by atoms with Gasteiger partial charge in [-0.25, -0.2) is 4.98 Å². The molecule has 3 amide bonds. The lowest BCUT2D eigenvalue weighted by Crippen LogP contribution is -2.33. The van der Waals surface area contributed by atoms with Gasteiger partial charge in [0, 0.05) is 37.3 Å². The second kappa shape index (κ2) is 8.16. The standard InChI is InChI=1S/C20H22N4O4/c1-13-14(2)22-12-23(18(13)26)11-9-21-17(25)8-5-10-24-19(27)15-6-3-4-7-16(15)20(24)28/h3-4,6-7,12H,5,8-11H2,1-2H3,(H,21,25). The van der Waals surface area contributed by atoms with Crippen LogP contribution in [0.25, 0.3) is 0 Å². The summed E-state index contributed by atoms with van der Waals surface area (Å²) in [4.78, 5) is 53.9. The summed E-state index contributed by atoms with van der Waals surface area (Å²) in [6.45, 7) is 4.32. The molecule has 0 saturated carbocycles. The highest BCUT2D eigenvalue weighted by atomic mass is 16.2. The number of amides is 3. The third-order valence-corrected chi connectivity index (χ3v) is 4.85.